The van der Waals surface area contributed by atoms with E-state index in [1.54, 1.807) is 0 Å². The molecule has 0 aliphatic heterocycles. The molecule has 5 rings (SSSR count). The van der Waals surface area contributed by atoms with Crippen molar-refractivity contribution in [1.82, 2.24) is 5.16 Å². The summed E-state index contributed by atoms with van der Waals surface area (Å²) in [5, 5.41) is 4.18. The van der Waals surface area contributed by atoms with E-state index in [4.69, 9.17) is 10.3 Å². The summed E-state index contributed by atoms with van der Waals surface area (Å²) in [6.45, 7) is 0.660. The zero-order chi connectivity index (χ0) is 12.1. The van der Waals surface area contributed by atoms with E-state index in [9.17, 15) is 0 Å². The van der Waals surface area contributed by atoms with Gasteiger partial charge in [-0.05, 0) is 62.3 Å². The Bertz CT molecular complexity index is 411. The van der Waals surface area contributed by atoms with Crippen LogP contribution < -0.4 is 5.73 Å². The summed E-state index contributed by atoms with van der Waals surface area (Å²) < 4.78 is 5.64. The van der Waals surface area contributed by atoms with Gasteiger partial charge in [-0.1, -0.05) is 5.16 Å². The Morgan fingerprint density at radius 1 is 1.11 bits per heavy atom. The van der Waals surface area contributed by atoms with Crippen LogP contribution in [0, 0.1) is 23.7 Å². The molecule has 0 radical (unpaired) electrons. The number of hydrogen-bond acceptors (Lipinski definition) is 3. The van der Waals surface area contributed by atoms with E-state index in [2.05, 4.69) is 11.2 Å². The van der Waals surface area contributed by atoms with Gasteiger partial charge in [-0.25, -0.2) is 0 Å². The van der Waals surface area contributed by atoms with Gasteiger partial charge in [0.2, 0.25) is 0 Å². The normalized spacial score (nSPS) is 41.5. The smallest absolute Gasteiger partial charge is 0.140 e. The lowest BCUT2D eigenvalue weighted by Crippen LogP contribution is -2.43. The minimum absolute atomic E-state index is 0.660. The largest absolute Gasteiger partial charge is 0.361 e. The Morgan fingerprint density at radius 2 is 1.78 bits per heavy atom. The van der Waals surface area contributed by atoms with Crippen LogP contribution in [0.25, 0.3) is 0 Å². The summed E-state index contributed by atoms with van der Waals surface area (Å²) in [7, 11) is 0. The van der Waals surface area contributed by atoms with Crippen LogP contribution in [-0.4, -0.2) is 11.7 Å². The van der Waals surface area contributed by atoms with E-state index in [-0.39, 0.29) is 0 Å². The molecule has 3 nitrogen and oxygen atoms in total. The first kappa shape index (κ1) is 11.0. The zero-order valence-electron chi connectivity index (χ0n) is 10.8. The van der Waals surface area contributed by atoms with E-state index in [0.29, 0.717) is 12.5 Å². The van der Waals surface area contributed by atoms with Crippen LogP contribution in [0.1, 0.15) is 49.5 Å². The molecule has 4 bridgehead atoms. The molecule has 4 aliphatic carbocycles. The van der Waals surface area contributed by atoms with Gasteiger partial charge in [-0.2, -0.15) is 0 Å². The summed E-state index contributed by atoms with van der Waals surface area (Å²) in [6.07, 6.45) is 8.09. The van der Waals surface area contributed by atoms with Gasteiger partial charge < -0.3 is 10.3 Å². The molecule has 2 N–H and O–H groups in total. The molecule has 0 atom stereocenters. The summed E-state index contributed by atoms with van der Waals surface area (Å²) in [5.41, 5.74) is 6.63. The van der Waals surface area contributed by atoms with Crippen molar-refractivity contribution in [3.05, 3.63) is 17.5 Å². The van der Waals surface area contributed by atoms with Gasteiger partial charge in [0.15, 0.2) is 0 Å². The molecule has 0 spiro atoms. The first-order valence-corrected chi connectivity index (χ1v) is 7.49. The van der Waals surface area contributed by atoms with Crippen molar-refractivity contribution in [2.45, 2.75) is 44.4 Å². The molecule has 1 aromatic heterocycles. The predicted octanol–water partition coefficient (Wildman–Crippen LogP) is 2.72. The number of nitrogens with two attached hydrogens (primary N) is 1. The van der Waals surface area contributed by atoms with Crippen molar-refractivity contribution in [3.8, 4) is 0 Å². The van der Waals surface area contributed by atoms with Crippen LogP contribution >= 0.6 is 0 Å². The highest BCUT2D eigenvalue weighted by atomic mass is 16.5. The van der Waals surface area contributed by atoms with E-state index < -0.39 is 0 Å². The molecule has 0 saturated heterocycles. The lowest BCUT2D eigenvalue weighted by Gasteiger charge is -2.53. The van der Waals surface area contributed by atoms with Crippen molar-refractivity contribution >= 4 is 0 Å². The van der Waals surface area contributed by atoms with Gasteiger partial charge in [0.1, 0.15) is 5.76 Å². The number of rotatable bonds is 3. The highest BCUT2D eigenvalue weighted by Gasteiger charge is 2.49. The van der Waals surface area contributed by atoms with Crippen LogP contribution in [0.5, 0.6) is 0 Å². The maximum absolute atomic E-state index is 5.64. The molecule has 1 aromatic rings. The van der Waals surface area contributed by atoms with Gasteiger partial charge >= 0.3 is 0 Å². The van der Waals surface area contributed by atoms with E-state index >= 15 is 0 Å². The Hall–Kier alpha value is -0.830. The summed E-state index contributed by atoms with van der Waals surface area (Å²) in [5.74, 6) is 5.62. The Morgan fingerprint density at radius 3 is 2.39 bits per heavy atom. The average molecular weight is 246 g/mol. The van der Waals surface area contributed by atoms with Gasteiger partial charge in [0, 0.05) is 18.4 Å². The number of hydrogen-bond donors (Lipinski definition) is 1. The predicted molar refractivity (Wildman–Crippen MR) is 69.0 cm³/mol. The quantitative estimate of drug-likeness (QED) is 0.892. The third-order valence-corrected chi connectivity index (χ3v) is 5.53. The topological polar surface area (TPSA) is 52.0 Å². The molecule has 4 fully saturated rings. The van der Waals surface area contributed by atoms with E-state index in [1.807, 2.05) is 0 Å². The lowest BCUT2D eigenvalue weighted by atomic mass is 9.51. The average Bonchev–Trinajstić information content (AvgIpc) is 2.76. The molecule has 0 unspecified atom stereocenters. The van der Waals surface area contributed by atoms with Gasteiger partial charge in [0.05, 0.1) is 5.69 Å². The third-order valence-electron chi connectivity index (χ3n) is 5.53. The summed E-state index contributed by atoms with van der Waals surface area (Å²) in [4.78, 5) is 0. The van der Waals surface area contributed by atoms with E-state index in [0.717, 1.165) is 41.5 Å². The lowest BCUT2D eigenvalue weighted by molar-refractivity contribution is -0.0113. The maximum Gasteiger partial charge on any atom is 0.140 e. The van der Waals surface area contributed by atoms with Crippen LogP contribution in [0.2, 0.25) is 0 Å². The van der Waals surface area contributed by atoms with Crippen molar-refractivity contribution in [1.29, 1.82) is 0 Å². The first-order valence-electron chi connectivity index (χ1n) is 7.49. The standard InChI is InChI=1S/C15H22N2O/c16-2-1-13-8-14(18-17-13)15-11-4-9-3-10(6-11)7-12(15)5-9/h8-12,15H,1-7,16H2. The number of aromatic nitrogens is 1. The van der Waals surface area contributed by atoms with Gasteiger partial charge in [-0.3, -0.25) is 0 Å². The van der Waals surface area contributed by atoms with Crippen molar-refractivity contribution in [3.63, 3.8) is 0 Å². The molecule has 4 saturated carbocycles. The Balaban J connectivity index is 1.60. The Kier molecular flexibility index (Phi) is 2.51. The molecular formula is C15H22N2O. The van der Waals surface area contributed by atoms with Crippen LogP contribution in [0.3, 0.4) is 0 Å². The summed E-state index contributed by atoms with van der Waals surface area (Å²) in [6, 6.07) is 2.18. The number of nitrogens with zero attached hydrogens (tertiary/aromatic N) is 1. The summed E-state index contributed by atoms with van der Waals surface area (Å²) >= 11 is 0. The SMILES string of the molecule is NCCc1cc(C2C3CC4CC(C3)CC2C4)on1. The molecule has 0 amide bonds. The second-order valence-corrected chi connectivity index (χ2v) is 6.72. The molecular weight excluding hydrogens is 224 g/mol. The molecule has 0 aromatic carbocycles. The fourth-order valence-corrected chi connectivity index (χ4v) is 5.14. The first-order chi connectivity index (χ1) is 8.83. The van der Waals surface area contributed by atoms with Crippen molar-refractivity contribution in [2.75, 3.05) is 6.54 Å². The fourth-order valence-electron chi connectivity index (χ4n) is 5.14. The van der Waals surface area contributed by atoms with Gasteiger partial charge in [-0.15, -0.1) is 0 Å². The van der Waals surface area contributed by atoms with Crippen LogP contribution in [0.15, 0.2) is 10.6 Å². The van der Waals surface area contributed by atoms with Gasteiger partial charge in [0.25, 0.3) is 0 Å². The van der Waals surface area contributed by atoms with Crippen molar-refractivity contribution < 1.29 is 4.52 Å². The highest BCUT2D eigenvalue weighted by molar-refractivity contribution is 5.17. The third kappa shape index (κ3) is 1.63. The van der Waals surface area contributed by atoms with Crippen LogP contribution in [0.4, 0.5) is 0 Å². The zero-order valence-corrected chi connectivity index (χ0v) is 10.8. The Labute approximate surface area is 108 Å². The molecule has 1 heterocycles. The maximum atomic E-state index is 5.64. The van der Waals surface area contributed by atoms with Crippen LogP contribution in [-0.2, 0) is 6.42 Å². The monoisotopic (exact) mass is 246 g/mol. The minimum Gasteiger partial charge on any atom is -0.361 e. The second-order valence-electron chi connectivity index (χ2n) is 6.72. The molecule has 18 heavy (non-hydrogen) atoms. The molecule has 98 valence electrons. The van der Waals surface area contributed by atoms with Crippen molar-refractivity contribution in [2.24, 2.45) is 29.4 Å². The highest BCUT2D eigenvalue weighted by Crippen LogP contribution is 2.59. The molecule has 3 heteroatoms. The molecule has 4 aliphatic rings. The second kappa shape index (κ2) is 4.09. The minimum atomic E-state index is 0.660. The van der Waals surface area contributed by atoms with E-state index in [1.165, 1.54) is 32.1 Å². The fraction of sp³-hybridized carbons (Fsp3) is 0.800.